The highest BCUT2D eigenvalue weighted by Gasteiger charge is 2.32. The lowest BCUT2D eigenvalue weighted by Gasteiger charge is -2.14. The van der Waals surface area contributed by atoms with Gasteiger partial charge in [-0.25, -0.2) is 4.39 Å². The van der Waals surface area contributed by atoms with Gasteiger partial charge in [-0.1, -0.05) is 12.1 Å². The summed E-state index contributed by atoms with van der Waals surface area (Å²) in [6, 6.07) is 6.03. The lowest BCUT2D eigenvalue weighted by Crippen LogP contribution is -2.35. The predicted molar refractivity (Wildman–Crippen MR) is 56.2 cm³/mol. The van der Waals surface area contributed by atoms with Gasteiger partial charge in [0.1, 0.15) is 5.82 Å². The molecule has 3 N–H and O–H groups in total. The van der Waals surface area contributed by atoms with Gasteiger partial charge < -0.3 is 5.11 Å². The van der Waals surface area contributed by atoms with Crippen molar-refractivity contribution in [2.75, 3.05) is 6.54 Å². The molecule has 1 saturated heterocycles. The molecule has 2 unspecified atom stereocenters. The molecule has 1 aliphatic heterocycles. The average Bonchev–Trinajstić information content (AvgIpc) is 2.66. The maximum atomic E-state index is 12.9. The quantitative estimate of drug-likeness (QED) is 0.701. The third kappa shape index (κ3) is 2.37. The van der Waals surface area contributed by atoms with Crippen LogP contribution in [0.5, 0.6) is 0 Å². The molecule has 2 rings (SSSR count). The van der Waals surface area contributed by atoms with Crippen LogP contribution < -0.4 is 10.9 Å². The molecule has 86 valence electrons. The highest BCUT2D eigenvalue weighted by molar-refractivity contribution is 5.71. The fourth-order valence-corrected chi connectivity index (χ4v) is 1.91. The molecule has 1 aromatic rings. The minimum absolute atomic E-state index is 0.195. The van der Waals surface area contributed by atoms with Crippen LogP contribution >= 0.6 is 0 Å². The Bertz CT molecular complexity index is 397. The van der Waals surface area contributed by atoms with Gasteiger partial charge >= 0.3 is 5.97 Å². The van der Waals surface area contributed by atoms with E-state index in [1.54, 1.807) is 12.1 Å². The van der Waals surface area contributed by atoms with E-state index in [1.807, 2.05) is 0 Å². The first-order valence-corrected chi connectivity index (χ1v) is 5.12. The van der Waals surface area contributed by atoms with Crippen LogP contribution in [-0.4, -0.2) is 23.7 Å². The second kappa shape index (κ2) is 4.59. The first-order valence-electron chi connectivity index (χ1n) is 5.12. The Kier molecular flexibility index (Phi) is 3.17. The van der Waals surface area contributed by atoms with E-state index in [1.165, 1.54) is 12.1 Å². The molecule has 1 aliphatic rings. The average molecular weight is 224 g/mol. The number of nitrogens with one attached hydrogen (secondary N) is 2. The molecule has 0 amide bonds. The van der Waals surface area contributed by atoms with Crippen molar-refractivity contribution in [1.29, 1.82) is 0 Å². The van der Waals surface area contributed by atoms with Crippen LogP contribution in [0.1, 0.15) is 5.56 Å². The summed E-state index contributed by atoms with van der Waals surface area (Å²) >= 11 is 0. The maximum Gasteiger partial charge on any atom is 0.309 e. The monoisotopic (exact) mass is 224 g/mol. The molecule has 1 fully saturated rings. The van der Waals surface area contributed by atoms with Gasteiger partial charge in [0.05, 0.1) is 5.92 Å². The second-order valence-electron chi connectivity index (χ2n) is 3.91. The van der Waals surface area contributed by atoms with Gasteiger partial charge in [-0.3, -0.25) is 15.6 Å². The molecule has 16 heavy (non-hydrogen) atoms. The molecular formula is C11H13FN2O2. The Morgan fingerprint density at radius 2 is 2.38 bits per heavy atom. The van der Waals surface area contributed by atoms with Gasteiger partial charge in [0.2, 0.25) is 0 Å². The summed E-state index contributed by atoms with van der Waals surface area (Å²) in [6.45, 7) is 0.398. The largest absolute Gasteiger partial charge is 0.481 e. The minimum Gasteiger partial charge on any atom is -0.481 e. The molecule has 1 aromatic carbocycles. The predicted octanol–water partition coefficient (Wildman–Crippen LogP) is 0.545. The van der Waals surface area contributed by atoms with Gasteiger partial charge in [0.25, 0.3) is 0 Å². The first-order chi connectivity index (χ1) is 7.66. The summed E-state index contributed by atoms with van der Waals surface area (Å²) < 4.78 is 12.9. The summed E-state index contributed by atoms with van der Waals surface area (Å²) in [6.07, 6.45) is 0.502. The van der Waals surface area contributed by atoms with Crippen LogP contribution in [0, 0.1) is 11.7 Å². The van der Waals surface area contributed by atoms with E-state index in [2.05, 4.69) is 10.9 Å². The normalized spacial score (nSPS) is 24.6. The number of rotatable bonds is 3. The smallest absolute Gasteiger partial charge is 0.309 e. The van der Waals surface area contributed by atoms with E-state index in [4.69, 9.17) is 5.11 Å². The van der Waals surface area contributed by atoms with E-state index in [-0.39, 0.29) is 11.9 Å². The molecule has 0 saturated carbocycles. The maximum absolute atomic E-state index is 12.9. The van der Waals surface area contributed by atoms with E-state index in [9.17, 15) is 9.18 Å². The van der Waals surface area contributed by atoms with Crippen molar-refractivity contribution in [3.8, 4) is 0 Å². The molecule has 5 heteroatoms. The zero-order chi connectivity index (χ0) is 11.5. The fourth-order valence-electron chi connectivity index (χ4n) is 1.91. The van der Waals surface area contributed by atoms with Crippen molar-refractivity contribution in [3.63, 3.8) is 0 Å². The van der Waals surface area contributed by atoms with Crippen LogP contribution in [-0.2, 0) is 11.2 Å². The molecule has 4 nitrogen and oxygen atoms in total. The van der Waals surface area contributed by atoms with E-state index < -0.39 is 11.9 Å². The van der Waals surface area contributed by atoms with Crippen molar-refractivity contribution in [2.45, 2.75) is 12.5 Å². The SMILES string of the molecule is O=C(O)C1CNNC1Cc1cccc(F)c1. The Labute approximate surface area is 92.4 Å². The number of benzene rings is 1. The van der Waals surface area contributed by atoms with Crippen LogP contribution in [0.2, 0.25) is 0 Å². The van der Waals surface area contributed by atoms with Gasteiger partial charge in [0.15, 0.2) is 0 Å². The number of aliphatic carboxylic acids is 1. The Morgan fingerprint density at radius 1 is 1.56 bits per heavy atom. The summed E-state index contributed by atoms with van der Waals surface area (Å²) in [5.74, 6) is -1.60. The van der Waals surface area contributed by atoms with E-state index in [0.717, 1.165) is 5.56 Å². The second-order valence-corrected chi connectivity index (χ2v) is 3.91. The van der Waals surface area contributed by atoms with Gasteiger partial charge in [-0.2, -0.15) is 0 Å². The third-order valence-electron chi connectivity index (χ3n) is 2.76. The lowest BCUT2D eigenvalue weighted by molar-refractivity contribution is -0.141. The summed E-state index contributed by atoms with van der Waals surface area (Å²) in [5.41, 5.74) is 6.52. The zero-order valence-corrected chi connectivity index (χ0v) is 8.61. The molecular weight excluding hydrogens is 211 g/mol. The Morgan fingerprint density at radius 3 is 3.06 bits per heavy atom. The summed E-state index contributed by atoms with van der Waals surface area (Å²) in [7, 11) is 0. The standard InChI is InChI=1S/C11H13FN2O2/c12-8-3-1-2-7(4-8)5-10-9(11(15)16)6-13-14-10/h1-4,9-10,13-14H,5-6H2,(H,15,16). The van der Waals surface area contributed by atoms with Crippen LogP contribution in [0.25, 0.3) is 0 Å². The number of hydrogen-bond acceptors (Lipinski definition) is 3. The molecule has 0 aromatic heterocycles. The van der Waals surface area contributed by atoms with Crippen molar-refractivity contribution in [1.82, 2.24) is 10.9 Å². The number of hydrogen-bond donors (Lipinski definition) is 3. The van der Waals surface area contributed by atoms with Gasteiger partial charge in [0, 0.05) is 12.6 Å². The topological polar surface area (TPSA) is 61.4 Å². The zero-order valence-electron chi connectivity index (χ0n) is 8.61. The van der Waals surface area contributed by atoms with Crippen LogP contribution in [0.3, 0.4) is 0 Å². The first kappa shape index (κ1) is 11.0. The van der Waals surface area contributed by atoms with Crippen molar-refractivity contribution in [3.05, 3.63) is 35.6 Å². The molecule has 2 atom stereocenters. The number of carboxylic acids is 1. The van der Waals surface area contributed by atoms with Gasteiger partial charge in [-0.15, -0.1) is 0 Å². The van der Waals surface area contributed by atoms with Crippen LogP contribution in [0.4, 0.5) is 4.39 Å². The highest BCUT2D eigenvalue weighted by Crippen LogP contribution is 2.14. The third-order valence-corrected chi connectivity index (χ3v) is 2.76. The molecule has 0 bridgehead atoms. The summed E-state index contributed by atoms with van der Waals surface area (Å²) in [4.78, 5) is 10.9. The van der Waals surface area contributed by atoms with E-state index >= 15 is 0 Å². The van der Waals surface area contributed by atoms with Crippen molar-refractivity contribution in [2.24, 2.45) is 5.92 Å². The Balaban J connectivity index is 2.06. The van der Waals surface area contributed by atoms with Gasteiger partial charge in [-0.05, 0) is 24.1 Å². The number of carboxylic acid groups (broad SMARTS) is 1. The number of carbonyl (C=O) groups is 1. The molecule has 0 aliphatic carbocycles. The fraction of sp³-hybridized carbons (Fsp3) is 0.364. The number of hydrazine groups is 1. The number of halogens is 1. The Hall–Kier alpha value is -1.46. The van der Waals surface area contributed by atoms with Crippen molar-refractivity contribution < 1.29 is 14.3 Å². The van der Waals surface area contributed by atoms with E-state index in [0.29, 0.717) is 13.0 Å². The molecule has 0 radical (unpaired) electrons. The molecule has 0 spiro atoms. The molecule has 1 heterocycles. The summed E-state index contributed by atoms with van der Waals surface area (Å²) in [5, 5.41) is 8.96. The van der Waals surface area contributed by atoms with Crippen LogP contribution in [0.15, 0.2) is 24.3 Å². The van der Waals surface area contributed by atoms with Crippen molar-refractivity contribution >= 4 is 5.97 Å². The minimum atomic E-state index is -0.834. The highest BCUT2D eigenvalue weighted by atomic mass is 19.1. The lowest BCUT2D eigenvalue weighted by atomic mass is 9.95.